The Morgan fingerprint density at radius 2 is 1.92 bits per heavy atom. The van der Waals surface area contributed by atoms with Crippen LogP contribution in [0.15, 0.2) is 48.7 Å². The van der Waals surface area contributed by atoms with Gasteiger partial charge >= 0.3 is 5.97 Å². The van der Waals surface area contributed by atoms with E-state index in [4.69, 9.17) is 9.47 Å². The summed E-state index contributed by atoms with van der Waals surface area (Å²) in [6, 6.07) is 6.93. The molecular weight excluding hydrogens is 488 g/mol. The van der Waals surface area contributed by atoms with Crippen LogP contribution in [-0.4, -0.2) is 70.6 Å². The Hall–Kier alpha value is -3.79. The van der Waals surface area contributed by atoms with Gasteiger partial charge in [0.2, 0.25) is 18.1 Å². The summed E-state index contributed by atoms with van der Waals surface area (Å²) in [6.07, 6.45) is 7.64. The van der Waals surface area contributed by atoms with Gasteiger partial charge in [-0.15, -0.1) is 0 Å². The maximum absolute atomic E-state index is 13.9. The monoisotopic (exact) mass is 520 g/mol. The third-order valence-corrected chi connectivity index (χ3v) is 7.36. The van der Waals surface area contributed by atoms with Crippen LogP contribution in [-0.2, 0) is 23.9 Å². The van der Waals surface area contributed by atoms with Gasteiger partial charge < -0.3 is 25.0 Å². The number of carbonyl (C=O) groups is 4. The maximum atomic E-state index is 13.9. The van der Waals surface area contributed by atoms with Gasteiger partial charge in [-0.2, -0.15) is 0 Å². The van der Waals surface area contributed by atoms with Crippen molar-refractivity contribution in [1.82, 2.24) is 20.5 Å². The van der Waals surface area contributed by atoms with Crippen LogP contribution in [0.2, 0.25) is 0 Å². The molecule has 3 aliphatic heterocycles. The first kappa shape index (κ1) is 25.8. The number of nitrogens with one attached hydrogen (secondary N) is 2. The molecule has 10 heteroatoms. The van der Waals surface area contributed by atoms with Crippen molar-refractivity contribution < 1.29 is 28.7 Å². The van der Waals surface area contributed by atoms with Gasteiger partial charge in [-0.05, 0) is 50.5 Å². The summed E-state index contributed by atoms with van der Waals surface area (Å²) in [5.74, 6) is -1.52. The number of piperidine rings is 1. The second kappa shape index (κ2) is 11.3. The SMILES string of the molecule is CCOC1OC(=O)CC1NC(=O)[C@@H]1CCC[C@@H]2C/C=C\C[C@H](NC(=O)c3nccc4ccccc34)C(=O)N21. The summed E-state index contributed by atoms with van der Waals surface area (Å²) < 4.78 is 10.7. The van der Waals surface area contributed by atoms with Gasteiger partial charge in [0.25, 0.3) is 5.91 Å². The minimum atomic E-state index is -0.845. The lowest BCUT2D eigenvalue weighted by molar-refractivity contribution is -0.165. The molecule has 1 aromatic heterocycles. The Labute approximate surface area is 220 Å². The average molecular weight is 521 g/mol. The molecule has 200 valence electrons. The molecule has 2 fully saturated rings. The molecule has 10 nitrogen and oxygen atoms in total. The third-order valence-electron chi connectivity index (χ3n) is 7.36. The molecule has 4 heterocycles. The van der Waals surface area contributed by atoms with E-state index in [-0.39, 0.29) is 30.0 Å². The molecule has 38 heavy (non-hydrogen) atoms. The van der Waals surface area contributed by atoms with Gasteiger partial charge in [-0.3, -0.25) is 24.2 Å². The van der Waals surface area contributed by atoms with Gasteiger partial charge in [0.1, 0.15) is 23.8 Å². The van der Waals surface area contributed by atoms with Gasteiger partial charge in [0.15, 0.2) is 0 Å². The van der Waals surface area contributed by atoms with E-state index in [1.807, 2.05) is 42.5 Å². The number of hydrogen-bond acceptors (Lipinski definition) is 7. The number of hydrogen-bond donors (Lipinski definition) is 2. The van der Waals surface area contributed by atoms with Crippen LogP contribution in [0.3, 0.4) is 0 Å². The van der Waals surface area contributed by atoms with Crippen LogP contribution in [0.5, 0.6) is 0 Å². The molecule has 2 saturated heterocycles. The fraction of sp³-hybridized carbons (Fsp3) is 0.464. The lowest BCUT2D eigenvalue weighted by atomic mass is 9.90. The number of ether oxygens (including phenoxy) is 2. The van der Waals surface area contributed by atoms with E-state index in [1.165, 1.54) is 0 Å². The molecule has 1 aromatic carbocycles. The quantitative estimate of drug-likeness (QED) is 0.442. The first-order valence-corrected chi connectivity index (χ1v) is 13.2. The van der Waals surface area contributed by atoms with Crippen LogP contribution < -0.4 is 10.6 Å². The number of esters is 1. The second-order valence-electron chi connectivity index (χ2n) is 9.83. The van der Waals surface area contributed by atoms with Crippen molar-refractivity contribution in [1.29, 1.82) is 0 Å². The van der Waals surface area contributed by atoms with Gasteiger partial charge in [0.05, 0.1) is 6.42 Å². The normalized spacial score (nSPS) is 28.1. The predicted octanol–water partition coefficient (Wildman–Crippen LogP) is 2.23. The number of pyridine rings is 1. The van der Waals surface area contributed by atoms with Crippen molar-refractivity contribution >= 4 is 34.5 Å². The van der Waals surface area contributed by atoms with E-state index >= 15 is 0 Å². The second-order valence-corrected chi connectivity index (χ2v) is 9.83. The third kappa shape index (κ3) is 5.26. The number of fused-ring (bicyclic) bond motifs is 2. The zero-order chi connectivity index (χ0) is 26.6. The number of rotatable bonds is 6. The van der Waals surface area contributed by atoms with E-state index < -0.39 is 36.3 Å². The van der Waals surface area contributed by atoms with Crippen molar-refractivity contribution in [3.05, 3.63) is 54.4 Å². The topological polar surface area (TPSA) is 127 Å². The smallest absolute Gasteiger partial charge is 0.310 e. The van der Waals surface area contributed by atoms with Crippen LogP contribution in [0.4, 0.5) is 0 Å². The standard InChI is InChI=1S/C28H32N4O6/c1-2-37-28-21(16-23(33)38-28)31-25(34)22-13-7-10-18-9-4-6-12-20(27(36)32(18)22)30-26(35)24-19-11-5-3-8-17(19)14-15-29-24/h3-6,8,11,14-15,18,20-22,28H,2,7,9-10,12-13,16H2,1H3,(H,30,35)(H,31,34)/b6-4-/t18-,20-,21?,22-,28?/m0/s1. The summed E-state index contributed by atoms with van der Waals surface area (Å²) in [5, 5.41) is 7.35. The Morgan fingerprint density at radius 3 is 2.76 bits per heavy atom. The average Bonchev–Trinajstić information content (AvgIpc) is 3.26. The van der Waals surface area contributed by atoms with Crippen LogP contribution in [0.1, 0.15) is 55.9 Å². The fourth-order valence-electron chi connectivity index (χ4n) is 5.56. The largest absolute Gasteiger partial charge is 0.433 e. The lowest BCUT2D eigenvalue weighted by Crippen LogP contribution is -2.62. The lowest BCUT2D eigenvalue weighted by Gasteiger charge is -2.43. The van der Waals surface area contributed by atoms with Crippen LogP contribution >= 0.6 is 0 Å². The molecule has 2 aromatic rings. The van der Waals surface area contributed by atoms with Gasteiger partial charge in [-0.25, -0.2) is 0 Å². The van der Waals surface area contributed by atoms with Crippen LogP contribution in [0, 0.1) is 0 Å². The van der Waals surface area contributed by atoms with E-state index in [0.29, 0.717) is 31.3 Å². The number of carbonyl (C=O) groups excluding carboxylic acids is 4. The molecule has 0 aliphatic carbocycles. The van der Waals surface area contributed by atoms with Crippen molar-refractivity contribution in [2.24, 2.45) is 0 Å². The van der Waals surface area contributed by atoms with E-state index in [1.54, 1.807) is 18.0 Å². The highest BCUT2D eigenvalue weighted by atomic mass is 16.7. The van der Waals surface area contributed by atoms with Gasteiger partial charge in [-0.1, -0.05) is 36.4 Å². The summed E-state index contributed by atoms with van der Waals surface area (Å²) in [7, 11) is 0. The number of amides is 3. The number of benzene rings is 1. The highest BCUT2D eigenvalue weighted by Crippen LogP contribution is 2.29. The highest BCUT2D eigenvalue weighted by molar-refractivity contribution is 6.06. The van der Waals surface area contributed by atoms with E-state index in [2.05, 4.69) is 15.6 Å². The number of aromatic nitrogens is 1. The molecule has 0 saturated carbocycles. The summed E-state index contributed by atoms with van der Waals surface area (Å²) in [6.45, 7) is 2.12. The number of cyclic esters (lactones) is 1. The van der Waals surface area contributed by atoms with Crippen molar-refractivity contribution in [3.8, 4) is 0 Å². The van der Waals surface area contributed by atoms with Gasteiger partial charge in [0, 0.05) is 24.2 Å². The maximum Gasteiger partial charge on any atom is 0.310 e. The molecule has 0 radical (unpaired) electrons. The minimum Gasteiger partial charge on any atom is -0.433 e. The first-order valence-electron chi connectivity index (χ1n) is 13.2. The summed E-state index contributed by atoms with van der Waals surface area (Å²) >= 11 is 0. The zero-order valence-corrected chi connectivity index (χ0v) is 21.3. The molecule has 0 spiro atoms. The zero-order valence-electron chi connectivity index (χ0n) is 21.3. The molecule has 2 unspecified atom stereocenters. The molecular formula is C28H32N4O6. The predicted molar refractivity (Wildman–Crippen MR) is 138 cm³/mol. The Morgan fingerprint density at radius 1 is 1.11 bits per heavy atom. The molecule has 3 aliphatic rings. The first-order chi connectivity index (χ1) is 18.5. The highest BCUT2D eigenvalue weighted by Gasteiger charge is 2.44. The molecule has 3 amide bonds. The molecule has 5 atom stereocenters. The Balaban J connectivity index is 1.36. The van der Waals surface area contributed by atoms with Crippen molar-refractivity contribution in [2.75, 3.05) is 6.61 Å². The summed E-state index contributed by atoms with van der Waals surface area (Å²) in [4.78, 5) is 58.4. The molecule has 0 bridgehead atoms. The number of nitrogens with zero attached hydrogens (tertiary/aromatic N) is 2. The van der Waals surface area contributed by atoms with Crippen molar-refractivity contribution in [2.45, 2.75) is 75.9 Å². The van der Waals surface area contributed by atoms with E-state index in [0.717, 1.165) is 18.2 Å². The molecule has 5 rings (SSSR count). The minimum absolute atomic E-state index is 0.0138. The molecule has 2 N–H and O–H groups in total. The fourth-order valence-corrected chi connectivity index (χ4v) is 5.56. The Kier molecular flexibility index (Phi) is 7.69. The van der Waals surface area contributed by atoms with Crippen LogP contribution in [0.25, 0.3) is 10.8 Å². The Bertz CT molecular complexity index is 1260. The van der Waals surface area contributed by atoms with Crippen molar-refractivity contribution in [3.63, 3.8) is 0 Å². The van der Waals surface area contributed by atoms with E-state index in [9.17, 15) is 19.2 Å². The summed E-state index contributed by atoms with van der Waals surface area (Å²) in [5.41, 5.74) is 0.249.